The van der Waals surface area contributed by atoms with Gasteiger partial charge in [0.15, 0.2) is 11.5 Å². The van der Waals surface area contributed by atoms with E-state index in [0.29, 0.717) is 30.0 Å². The Morgan fingerprint density at radius 2 is 2.05 bits per heavy atom. The van der Waals surface area contributed by atoms with Gasteiger partial charge in [-0.05, 0) is 17.4 Å². The number of carbonyl (C=O) groups excluding carboxylic acids is 1. The molecule has 0 spiro atoms. The van der Waals surface area contributed by atoms with Gasteiger partial charge in [0, 0.05) is 18.2 Å². The summed E-state index contributed by atoms with van der Waals surface area (Å²) in [4.78, 5) is 11.7. The molecule has 1 aromatic carbocycles. The van der Waals surface area contributed by atoms with E-state index in [0.717, 1.165) is 17.9 Å². The first-order valence-corrected chi connectivity index (χ1v) is 7.51. The van der Waals surface area contributed by atoms with Crippen molar-refractivity contribution in [1.29, 1.82) is 0 Å². The predicted octanol–water partition coefficient (Wildman–Crippen LogP) is 2.93. The van der Waals surface area contributed by atoms with Gasteiger partial charge >= 0.3 is 0 Å². The molecule has 2 rings (SSSR count). The maximum atomic E-state index is 11.7. The van der Waals surface area contributed by atoms with Gasteiger partial charge in [-0.3, -0.25) is 4.79 Å². The van der Waals surface area contributed by atoms with Crippen molar-refractivity contribution in [2.24, 2.45) is 0 Å². The summed E-state index contributed by atoms with van der Waals surface area (Å²) < 4.78 is 11.1. The fourth-order valence-electron chi connectivity index (χ4n) is 1.68. The normalized spacial score (nSPS) is 14.1. The second-order valence-electron chi connectivity index (χ2n) is 4.62. The maximum absolute atomic E-state index is 11.7. The number of thioether (sulfide) groups is 1. The first-order chi connectivity index (χ1) is 9.15. The van der Waals surface area contributed by atoms with Gasteiger partial charge < -0.3 is 14.8 Å². The van der Waals surface area contributed by atoms with Crippen LogP contribution < -0.4 is 14.8 Å². The van der Waals surface area contributed by atoms with E-state index in [1.165, 1.54) is 0 Å². The molecule has 1 aliphatic heterocycles. The van der Waals surface area contributed by atoms with E-state index < -0.39 is 0 Å². The lowest BCUT2D eigenvalue weighted by Crippen LogP contribution is -2.15. The summed E-state index contributed by atoms with van der Waals surface area (Å²) in [6.07, 6.45) is 0.876. The Balaban J connectivity index is 1.97. The van der Waals surface area contributed by atoms with E-state index in [1.54, 1.807) is 11.8 Å². The molecule has 0 bridgehead atoms. The number of hydrogen-bond donors (Lipinski definition) is 1. The van der Waals surface area contributed by atoms with Crippen LogP contribution in [-0.2, 0) is 4.79 Å². The van der Waals surface area contributed by atoms with E-state index in [2.05, 4.69) is 19.2 Å². The molecule has 5 heteroatoms. The quantitative estimate of drug-likeness (QED) is 0.922. The average molecular weight is 281 g/mol. The number of ether oxygens (including phenoxy) is 2. The molecule has 0 radical (unpaired) electrons. The van der Waals surface area contributed by atoms with Gasteiger partial charge in [-0.2, -0.15) is 0 Å². The van der Waals surface area contributed by atoms with Crippen molar-refractivity contribution >= 4 is 23.4 Å². The van der Waals surface area contributed by atoms with Crippen LogP contribution in [-0.4, -0.2) is 30.1 Å². The van der Waals surface area contributed by atoms with E-state index in [1.807, 2.05) is 18.2 Å². The van der Waals surface area contributed by atoms with Gasteiger partial charge in [0.05, 0.1) is 19.0 Å². The Labute approximate surface area is 117 Å². The highest BCUT2D eigenvalue weighted by atomic mass is 32.2. The second-order valence-corrected chi connectivity index (χ2v) is 6.18. The predicted molar refractivity (Wildman–Crippen MR) is 78.3 cm³/mol. The maximum Gasteiger partial charge on any atom is 0.234 e. The minimum atomic E-state index is 0.00758. The van der Waals surface area contributed by atoms with Crippen LogP contribution in [0.4, 0.5) is 5.69 Å². The molecule has 1 N–H and O–H groups in total. The van der Waals surface area contributed by atoms with Crippen LogP contribution in [0.1, 0.15) is 20.3 Å². The molecular weight excluding hydrogens is 262 g/mol. The first-order valence-electron chi connectivity index (χ1n) is 6.46. The molecule has 0 unspecified atom stereocenters. The van der Waals surface area contributed by atoms with Gasteiger partial charge in [-0.25, -0.2) is 0 Å². The Morgan fingerprint density at radius 3 is 2.79 bits per heavy atom. The lowest BCUT2D eigenvalue weighted by atomic mass is 10.2. The zero-order valence-corrected chi connectivity index (χ0v) is 12.1. The lowest BCUT2D eigenvalue weighted by Gasteiger charge is -2.10. The largest absolute Gasteiger partial charge is 0.490 e. The van der Waals surface area contributed by atoms with E-state index in [9.17, 15) is 4.79 Å². The molecule has 1 aromatic rings. The number of rotatable bonds is 4. The van der Waals surface area contributed by atoms with Gasteiger partial charge in [-0.1, -0.05) is 13.8 Å². The number of amides is 1. The minimum absolute atomic E-state index is 0.00758. The van der Waals surface area contributed by atoms with E-state index in [-0.39, 0.29) is 5.91 Å². The van der Waals surface area contributed by atoms with E-state index in [4.69, 9.17) is 9.47 Å². The lowest BCUT2D eigenvalue weighted by molar-refractivity contribution is -0.113. The van der Waals surface area contributed by atoms with E-state index >= 15 is 0 Å². The summed E-state index contributed by atoms with van der Waals surface area (Å²) in [6, 6.07) is 5.50. The third kappa shape index (κ3) is 4.35. The van der Waals surface area contributed by atoms with Gasteiger partial charge in [0.1, 0.15) is 0 Å². The Hall–Kier alpha value is -1.36. The molecule has 1 aliphatic rings. The summed E-state index contributed by atoms with van der Waals surface area (Å²) in [6.45, 7) is 5.47. The standard InChI is InChI=1S/C14H19NO3S/c1-10(2)19-9-14(16)15-11-4-5-12-13(8-11)18-7-3-6-17-12/h4-5,8,10H,3,6-7,9H2,1-2H3,(H,15,16). The number of anilines is 1. The van der Waals surface area contributed by atoms with Crippen LogP contribution in [0.15, 0.2) is 18.2 Å². The highest BCUT2D eigenvalue weighted by molar-refractivity contribution is 8.00. The summed E-state index contributed by atoms with van der Waals surface area (Å²) in [5.41, 5.74) is 0.749. The monoisotopic (exact) mass is 281 g/mol. The molecule has 0 aliphatic carbocycles. The van der Waals surface area contributed by atoms with Crippen LogP contribution in [0.2, 0.25) is 0 Å². The van der Waals surface area contributed by atoms with Crippen molar-refractivity contribution < 1.29 is 14.3 Å². The molecule has 1 amide bonds. The third-order valence-corrected chi connectivity index (χ3v) is 3.67. The molecule has 0 saturated heterocycles. The molecule has 0 fully saturated rings. The second kappa shape index (κ2) is 6.70. The average Bonchev–Trinajstić information content (AvgIpc) is 2.61. The molecule has 0 aromatic heterocycles. The highest BCUT2D eigenvalue weighted by Gasteiger charge is 2.12. The van der Waals surface area contributed by atoms with Crippen molar-refractivity contribution in [2.75, 3.05) is 24.3 Å². The van der Waals surface area contributed by atoms with Crippen molar-refractivity contribution in [3.8, 4) is 11.5 Å². The van der Waals surface area contributed by atoms with Crippen LogP contribution in [0, 0.1) is 0 Å². The fraction of sp³-hybridized carbons (Fsp3) is 0.500. The molecule has 1 heterocycles. The first kappa shape index (κ1) is 14.1. The zero-order valence-electron chi connectivity index (χ0n) is 11.3. The summed E-state index contributed by atoms with van der Waals surface area (Å²) >= 11 is 1.62. The SMILES string of the molecule is CC(C)SCC(=O)Nc1ccc2c(c1)OCCCO2. The Morgan fingerprint density at radius 1 is 1.32 bits per heavy atom. The molecule has 0 atom stereocenters. The Kier molecular flexibility index (Phi) is 4.96. The molecule has 0 saturated carbocycles. The van der Waals surface area contributed by atoms with Crippen molar-refractivity contribution in [2.45, 2.75) is 25.5 Å². The summed E-state index contributed by atoms with van der Waals surface area (Å²) in [7, 11) is 0. The van der Waals surface area contributed by atoms with Crippen LogP contribution in [0.5, 0.6) is 11.5 Å². The van der Waals surface area contributed by atoms with Crippen molar-refractivity contribution in [1.82, 2.24) is 0 Å². The van der Waals surface area contributed by atoms with Crippen molar-refractivity contribution in [3.63, 3.8) is 0 Å². The summed E-state index contributed by atoms with van der Waals surface area (Å²) in [5, 5.41) is 3.33. The molecule has 4 nitrogen and oxygen atoms in total. The number of hydrogen-bond acceptors (Lipinski definition) is 4. The minimum Gasteiger partial charge on any atom is -0.490 e. The van der Waals surface area contributed by atoms with Gasteiger partial charge in [0.2, 0.25) is 5.91 Å². The number of benzene rings is 1. The smallest absolute Gasteiger partial charge is 0.234 e. The topological polar surface area (TPSA) is 47.6 Å². The summed E-state index contributed by atoms with van der Waals surface area (Å²) in [5.74, 6) is 1.92. The fourth-order valence-corrected chi connectivity index (χ4v) is 2.24. The zero-order chi connectivity index (χ0) is 13.7. The van der Waals surface area contributed by atoms with Crippen LogP contribution in [0.3, 0.4) is 0 Å². The molecular formula is C14H19NO3S. The van der Waals surface area contributed by atoms with Gasteiger partial charge in [0.25, 0.3) is 0 Å². The highest BCUT2D eigenvalue weighted by Crippen LogP contribution is 2.32. The van der Waals surface area contributed by atoms with Crippen molar-refractivity contribution in [3.05, 3.63) is 18.2 Å². The third-order valence-electron chi connectivity index (χ3n) is 2.58. The Bertz CT molecular complexity index is 448. The van der Waals surface area contributed by atoms with Crippen LogP contribution in [0.25, 0.3) is 0 Å². The number of fused-ring (bicyclic) bond motifs is 1. The number of carbonyl (C=O) groups is 1. The molecule has 19 heavy (non-hydrogen) atoms. The molecule has 104 valence electrons. The van der Waals surface area contributed by atoms with Crippen LogP contribution >= 0.6 is 11.8 Å². The number of nitrogens with one attached hydrogen (secondary N) is 1. The van der Waals surface area contributed by atoms with Gasteiger partial charge in [-0.15, -0.1) is 11.8 Å².